The summed E-state index contributed by atoms with van der Waals surface area (Å²) in [4.78, 5) is 16.8. The van der Waals surface area contributed by atoms with Gasteiger partial charge in [-0.15, -0.1) is 10.2 Å². The highest BCUT2D eigenvalue weighted by Crippen LogP contribution is 2.36. The lowest BCUT2D eigenvalue weighted by molar-refractivity contribution is -0.130. The number of anilines is 1. The topological polar surface area (TPSA) is 49.3 Å². The van der Waals surface area contributed by atoms with Gasteiger partial charge in [0.2, 0.25) is 11.0 Å². The Balaban J connectivity index is 1.31. The summed E-state index contributed by atoms with van der Waals surface area (Å²) in [5, 5.41) is 11.2. The first-order chi connectivity index (χ1) is 12.8. The molecule has 26 heavy (non-hydrogen) atoms. The van der Waals surface area contributed by atoms with Crippen molar-refractivity contribution in [1.29, 1.82) is 0 Å². The zero-order chi connectivity index (χ0) is 17.8. The fraction of sp³-hybridized carbons (Fsp3) is 0.550. The number of amides is 1. The predicted octanol–water partition coefficient (Wildman–Crippen LogP) is 3.48. The van der Waals surface area contributed by atoms with Gasteiger partial charge in [0.25, 0.3) is 0 Å². The smallest absolute Gasteiger partial charge is 0.227 e. The van der Waals surface area contributed by atoms with Crippen LogP contribution in [-0.2, 0) is 11.2 Å². The third-order valence-electron chi connectivity index (χ3n) is 5.49. The van der Waals surface area contributed by atoms with Crippen LogP contribution in [0.1, 0.15) is 48.6 Å². The van der Waals surface area contributed by atoms with Gasteiger partial charge in [0.05, 0.1) is 6.42 Å². The van der Waals surface area contributed by atoms with Crippen LogP contribution in [0.4, 0.5) is 5.13 Å². The molecule has 2 fully saturated rings. The van der Waals surface area contributed by atoms with Crippen molar-refractivity contribution >= 4 is 22.4 Å². The van der Waals surface area contributed by atoms with E-state index in [0.717, 1.165) is 36.9 Å². The number of nitrogens with zero attached hydrogens (tertiary/aromatic N) is 4. The van der Waals surface area contributed by atoms with Crippen molar-refractivity contribution in [3.8, 4) is 0 Å². The van der Waals surface area contributed by atoms with Gasteiger partial charge in [-0.2, -0.15) is 0 Å². The van der Waals surface area contributed by atoms with E-state index in [2.05, 4.69) is 15.1 Å². The molecule has 0 radical (unpaired) electrons. The molecule has 0 bridgehead atoms. The van der Waals surface area contributed by atoms with Crippen molar-refractivity contribution in [1.82, 2.24) is 15.1 Å². The molecule has 6 heteroatoms. The number of piperazine rings is 1. The summed E-state index contributed by atoms with van der Waals surface area (Å²) in [6.07, 6.45) is 7.02. The van der Waals surface area contributed by atoms with Crippen LogP contribution in [0, 0.1) is 0 Å². The number of carbonyl (C=O) groups is 1. The Kier molecular flexibility index (Phi) is 5.48. The van der Waals surface area contributed by atoms with Crippen molar-refractivity contribution in [2.45, 2.75) is 44.4 Å². The highest BCUT2D eigenvalue weighted by Gasteiger charge is 2.25. The van der Waals surface area contributed by atoms with Crippen molar-refractivity contribution in [3.05, 3.63) is 40.9 Å². The van der Waals surface area contributed by atoms with Crippen molar-refractivity contribution < 1.29 is 4.79 Å². The molecular weight excluding hydrogens is 344 g/mol. The number of rotatable bonds is 4. The molecule has 1 amide bonds. The van der Waals surface area contributed by atoms with E-state index in [1.54, 1.807) is 11.3 Å². The van der Waals surface area contributed by atoms with Crippen LogP contribution in [0.5, 0.6) is 0 Å². The van der Waals surface area contributed by atoms with Crippen LogP contribution in [0.2, 0.25) is 0 Å². The molecule has 5 nitrogen and oxygen atoms in total. The first-order valence-corrected chi connectivity index (χ1v) is 10.5. The Hall–Kier alpha value is -1.95. The minimum Gasteiger partial charge on any atom is -0.343 e. The zero-order valence-corrected chi connectivity index (χ0v) is 16.0. The third kappa shape index (κ3) is 4.06. The third-order valence-corrected chi connectivity index (χ3v) is 6.63. The first-order valence-electron chi connectivity index (χ1n) is 9.69. The Labute approximate surface area is 159 Å². The van der Waals surface area contributed by atoms with E-state index in [4.69, 9.17) is 0 Å². The number of hydrogen-bond acceptors (Lipinski definition) is 5. The van der Waals surface area contributed by atoms with Gasteiger partial charge in [-0.3, -0.25) is 4.79 Å². The number of aromatic nitrogens is 2. The Morgan fingerprint density at radius 1 is 1.00 bits per heavy atom. The largest absolute Gasteiger partial charge is 0.343 e. The molecule has 2 heterocycles. The fourth-order valence-corrected chi connectivity index (χ4v) is 4.96. The van der Waals surface area contributed by atoms with Gasteiger partial charge in [0.15, 0.2) is 0 Å². The normalized spacial score (nSPS) is 18.9. The van der Waals surface area contributed by atoms with Gasteiger partial charge < -0.3 is 9.80 Å². The van der Waals surface area contributed by atoms with Crippen molar-refractivity contribution in [2.75, 3.05) is 31.1 Å². The molecule has 0 unspecified atom stereocenters. The zero-order valence-electron chi connectivity index (χ0n) is 15.1. The SMILES string of the molecule is O=C(Cc1ccccc1)N1CCN(c2nnc(C3CCCCC3)s2)CC1. The van der Waals surface area contributed by atoms with E-state index in [1.807, 2.05) is 35.2 Å². The van der Waals surface area contributed by atoms with E-state index >= 15 is 0 Å². The molecule has 0 spiro atoms. The number of carbonyl (C=O) groups excluding carboxylic acids is 1. The maximum absolute atomic E-state index is 12.5. The average Bonchev–Trinajstić information content (AvgIpc) is 3.20. The van der Waals surface area contributed by atoms with E-state index in [0.29, 0.717) is 12.3 Å². The number of hydrogen-bond donors (Lipinski definition) is 0. The first kappa shape index (κ1) is 17.5. The Morgan fingerprint density at radius 3 is 2.46 bits per heavy atom. The summed E-state index contributed by atoms with van der Waals surface area (Å²) in [6.45, 7) is 3.23. The van der Waals surface area contributed by atoms with Crippen molar-refractivity contribution in [2.24, 2.45) is 0 Å². The van der Waals surface area contributed by atoms with E-state index < -0.39 is 0 Å². The fourth-order valence-electron chi connectivity index (χ4n) is 3.90. The molecule has 1 aliphatic carbocycles. The minimum absolute atomic E-state index is 0.219. The monoisotopic (exact) mass is 370 g/mol. The molecule has 138 valence electrons. The second-order valence-electron chi connectivity index (χ2n) is 7.29. The van der Waals surface area contributed by atoms with Crippen molar-refractivity contribution in [3.63, 3.8) is 0 Å². The van der Waals surface area contributed by atoms with Gasteiger partial charge >= 0.3 is 0 Å². The quantitative estimate of drug-likeness (QED) is 0.827. The average molecular weight is 371 g/mol. The summed E-state index contributed by atoms with van der Waals surface area (Å²) in [5.41, 5.74) is 1.08. The van der Waals surface area contributed by atoms with Crippen LogP contribution in [0.15, 0.2) is 30.3 Å². The molecule has 2 aliphatic rings. The van der Waals surface area contributed by atoms with Gasteiger partial charge in [0.1, 0.15) is 5.01 Å². The highest BCUT2D eigenvalue weighted by molar-refractivity contribution is 7.15. The van der Waals surface area contributed by atoms with E-state index in [-0.39, 0.29) is 5.91 Å². The Morgan fingerprint density at radius 2 is 1.73 bits per heavy atom. The Bertz CT molecular complexity index is 718. The summed E-state index contributed by atoms with van der Waals surface area (Å²) >= 11 is 1.76. The van der Waals surface area contributed by atoms with Gasteiger partial charge in [-0.1, -0.05) is 60.9 Å². The molecule has 1 saturated carbocycles. The summed E-state index contributed by atoms with van der Waals surface area (Å²) in [5.74, 6) is 0.833. The van der Waals surface area contributed by atoms with Gasteiger partial charge in [0, 0.05) is 32.1 Å². The molecule has 4 rings (SSSR count). The second kappa shape index (κ2) is 8.16. The van der Waals surface area contributed by atoms with Crippen LogP contribution >= 0.6 is 11.3 Å². The number of benzene rings is 1. The summed E-state index contributed by atoms with van der Waals surface area (Å²) < 4.78 is 0. The van der Waals surface area contributed by atoms with Gasteiger partial charge in [-0.25, -0.2) is 0 Å². The lowest BCUT2D eigenvalue weighted by Gasteiger charge is -2.34. The van der Waals surface area contributed by atoms with Crippen LogP contribution in [-0.4, -0.2) is 47.2 Å². The maximum Gasteiger partial charge on any atom is 0.227 e. The summed E-state index contributed by atoms with van der Waals surface area (Å²) in [7, 11) is 0. The van der Waals surface area contributed by atoms with Gasteiger partial charge in [-0.05, 0) is 18.4 Å². The van der Waals surface area contributed by atoms with Crippen LogP contribution in [0.3, 0.4) is 0 Å². The van der Waals surface area contributed by atoms with Crippen LogP contribution < -0.4 is 4.90 Å². The standard InChI is InChI=1S/C20H26N4OS/c25-18(15-16-7-3-1-4-8-16)23-11-13-24(14-12-23)20-22-21-19(26-20)17-9-5-2-6-10-17/h1,3-4,7-8,17H,2,5-6,9-15H2. The van der Waals surface area contributed by atoms with Crippen LogP contribution in [0.25, 0.3) is 0 Å². The molecular formula is C20H26N4OS. The molecule has 0 atom stereocenters. The molecule has 2 aromatic rings. The minimum atomic E-state index is 0.219. The lowest BCUT2D eigenvalue weighted by atomic mass is 9.90. The predicted molar refractivity (Wildman–Crippen MR) is 105 cm³/mol. The molecule has 0 N–H and O–H groups in total. The maximum atomic E-state index is 12.5. The lowest BCUT2D eigenvalue weighted by Crippen LogP contribution is -2.49. The summed E-state index contributed by atoms with van der Waals surface area (Å²) in [6, 6.07) is 9.99. The van der Waals surface area contributed by atoms with E-state index in [1.165, 1.54) is 37.1 Å². The molecule has 1 aliphatic heterocycles. The molecule has 1 aromatic heterocycles. The highest BCUT2D eigenvalue weighted by atomic mass is 32.1. The molecule has 1 aromatic carbocycles. The van der Waals surface area contributed by atoms with E-state index in [9.17, 15) is 4.79 Å². The second-order valence-corrected chi connectivity index (χ2v) is 8.28. The molecule has 1 saturated heterocycles.